The molecule has 1 unspecified atom stereocenters. The highest BCUT2D eigenvalue weighted by atomic mass is 32.2. The molecule has 1 fully saturated rings. The predicted molar refractivity (Wildman–Crippen MR) is 112 cm³/mol. The molecule has 1 saturated heterocycles. The Balaban J connectivity index is 1.47. The van der Waals surface area contributed by atoms with E-state index < -0.39 is 22.1 Å². The van der Waals surface area contributed by atoms with Crippen LogP contribution in [0.4, 0.5) is 0 Å². The number of piperidine rings is 1. The van der Waals surface area contributed by atoms with E-state index in [0.29, 0.717) is 43.7 Å². The molecule has 1 aromatic carbocycles. The fourth-order valence-electron chi connectivity index (χ4n) is 3.47. The number of nitrogens with one attached hydrogen (secondary N) is 1. The Bertz CT molecular complexity index is 895. The molecule has 1 atom stereocenters. The van der Waals surface area contributed by atoms with E-state index in [1.54, 1.807) is 17.9 Å². The number of hydrogen-bond donors (Lipinski definition) is 1. The summed E-state index contributed by atoms with van der Waals surface area (Å²) in [4.78, 5) is 26.2. The summed E-state index contributed by atoms with van der Waals surface area (Å²) >= 11 is 0. The maximum absolute atomic E-state index is 12.5. The van der Waals surface area contributed by atoms with Gasteiger partial charge in [0.1, 0.15) is 0 Å². The number of hydrogen-bond acceptors (Lipinski definition) is 7. The van der Waals surface area contributed by atoms with Crippen LogP contribution in [-0.4, -0.2) is 64.1 Å². The Morgan fingerprint density at radius 1 is 1.19 bits per heavy atom. The zero-order valence-corrected chi connectivity index (χ0v) is 18.8. The standard InChI is InChI=1S/C21H30N2O7S/c1-15-7-10-23(11-8-15)21(25)16(2)30-20(24)6-9-22-31(26,27)17-4-5-18-19(14-17)29-13-3-12-28-18/h4-5,14-16,22H,3,6-13H2,1-2H3. The van der Waals surface area contributed by atoms with E-state index in [1.165, 1.54) is 12.1 Å². The van der Waals surface area contributed by atoms with Gasteiger partial charge in [-0.3, -0.25) is 9.59 Å². The van der Waals surface area contributed by atoms with E-state index in [9.17, 15) is 18.0 Å². The maximum atomic E-state index is 12.5. The van der Waals surface area contributed by atoms with Crippen molar-refractivity contribution in [3.8, 4) is 11.5 Å². The molecule has 0 saturated carbocycles. The minimum absolute atomic E-state index is 0.0213. The lowest BCUT2D eigenvalue weighted by molar-refractivity contribution is -0.159. The van der Waals surface area contributed by atoms with Crippen molar-refractivity contribution >= 4 is 21.9 Å². The highest BCUT2D eigenvalue weighted by molar-refractivity contribution is 7.89. The topological polar surface area (TPSA) is 111 Å². The Morgan fingerprint density at radius 3 is 2.58 bits per heavy atom. The molecule has 172 valence electrons. The number of fused-ring (bicyclic) bond motifs is 1. The highest BCUT2D eigenvalue weighted by Crippen LogP contribution is 2.31. The second-order valence-electron chi connectivity index (χ2n) is 7.95. The number of likely N-dealkylation sites (tertiary alicyclic amines) is 1. The van der Waals surface area contributed by atoms with E-state index in [-0.39, 0.29) is 23.8 Å². The Kier molecular flexibility index (Phi) is 7.77. The SMILES string of the molecule is CC1CCN(C(=O)C(C)OC(=O)CCNS(=O)(=O)c2ccc3c(c2)OCCCO3)CC1. The summed E-state index contributed by atoms with van der Waals surface area (Å²) in [6.45, 7) is 5.84. The molecule has 1 N–H and O–H groups in total. The van der Waals surface area contributed by atoms with Crippen LogP contribution < -0.4 is 14.2 Å². The Labute approximate surface area is 183 Å². The number of carbonyl (C=O) groups is 2. The van der Waals surface area contributed by atoms with Gasteiger partial charge in [-0.05, 0) is 37.8 Å². The van der Waals surface area contributed by atoms with Crippen LogP contribution in [0.15, 0.2) is 23.1 Å². The average molecular weight is 455 g/mol. The number of benzene rings is 1. The number of amides is 1. The first-order valence-electron chi connectivity index (χ1n) is 10.6. The van der Waals surface area contributed by atoms with Crippen LogP contribution >= 0.6 is 0 Å². The van der Waals surface area contributed by atoms with Crippen molar-refractivity contribution in [1.82, 2.24) is 9.62 Å². The Hall–Kier alpha value is -2.33. The monoisotopic (exact) mass is 454 g/mol. The zero-order chi connectivity index (χ0) is 22.4. The van der Waals surface area contributed by atoms with E-state index in [2.05, 4.69) is 11.6 Å². The third-order valence-electron chi connectivity index (χ3n) is 5.40. The second-order valence-corrected chi connectivity index (χ2v) is 9.71. The summed E-state index contributed by atoms with van der Waals surface area (Å²) in [6, 6.07) is 4.38. The Morgan fingerprint density at radius 2 is 1.87 bits per heavy atom. The van der Waals surface area contributed by atoms with Crippen LogP contribution in [0, 0.1) is 5.92 Å². The smallest absolute Gasteiger partial charge is 0.307 e. The van der Waals surface area contributed by atoms with Crippen LogP contribution in [0.2, 0.25) is 0 Å². The molecular weight excluding hydrogens is 424 g/mol. The van der Waals surface area contributed by atoms with Gasteiger partial charge in [-0.15, -0.1) is 0 Å². The number of esters is 1. The van der Waals surface area contributed by atoms with Crippen molar-refractivity contribution in [2.75, 3.05) is 32.8 Å². The maximum Gasteiger partial charge on any atom is 0.307 e. The van der Waals surface area contributed by atoms with Crippen LogP contribution in [0.3, 0.4) is 0 Å². The van der Waals surface area contributed by atoms with Crippen LogP contribution in [0.25, 0.3) is 0 Å². The minimum Gasteiger partial charge on any atom is -0.490 e. The van der Waals surface area contributed by atoms with Gasteiger partial charge in [-0.2, -0.15) is 0 Å². The van der Waals surface area contributed by atoms with Gasteiger partial charge < -0.3 is 19.1 Å². The average Bonchev–Trinajstić information content (AvgIpc) is 2.98. The van der Waals surface area contributed by atoms with Gasteiger partial charge >= 0.3 is 5.97 Å². The lowest BCUT2D eigenvalue weighted by Gasteiger charge is -2.31. The van der Waals surface area contributed by atoms with Gasteiger partial charge in [0, 0.05) is 32.1 Å². The molecule has 10 heteroatoms. The lowest BCUT2D eigenvalue weighted by atomic mass is 9.99. The number of sulfonamides is 1. The van der Waals surface area contributed by atoms with Crippen LogP contribution in [0.1, 0.15) is 39.5 Å². The van der Waals surface area contributed by atoms with Crippen LogP contribution in [0.5, 0.6) is 11.5 Å². The second kappa shape index (κ2) is 10.3. The van der Waals surface area contributed by atoms with E-state index in [4.69, 9.17) is 14.2 Å². The third-order valence-corrected chi connectivity index (χ3v) is 6.86. The molecule has 2 aliphatic heterocycles. The largest absolute Gasteiger partial charge is 0.490 e. The van der Waals surface area contributed by atoms with Crippen LogP contribution in [-0.2, 0) is 24.3 Å². The van der Waals surface area contributed by atoms with E-state index >= 15 is 0 Å². The molecule has 9 nitrogen and oxygen atoms in total. The molecule has 31 heavy (non-hydrogen) atoms. The minimum atomic E-state index is -3.84. The van der Waals surface area contributed by atoms with Crippen molar-refractivity contribution < 1.29 is 32.2 Å². The van der Waals surface area contributed by atoms with Crippen molar-refractivity contribution in [3.63, 3.8) is 0 Å². The molecule has 0 bridgehead atoms. The van der Waals surface area contributed by atoms with Crippen molar-refractivity contribution in [2.45, 2.75) is 50.5 Å². The fraction of sp³-hybridized carbons (Fsp3) is 0.619. The first-order chi connectivity index (χ1) is 14.8. The summed E-state index contributed by atoms with van der Waals surface area (Å²) in [7, 11) is -3.84. The van der Waals surface area contributed by atoms with Gasteiger partial charge in [-0.25, -0.2) is 13.1 Å². The molecule has 2 aliphatic rings. The summed E-state index contributed by atoms with van der Waals surface area (Å²) in [5, 5.41) is 0. The normalized spacial score (nSPS) is 18.2. The van der Waals surface area contributed by atoms with Gasteiger partial charge in [0.15, 0.2) is 17.6 Å². The quantitative estimate of drug-likeness (QED) is 0.624. The molecule has 2 heterocycles. The molecule has 0 spiro atoms. The predicted octanol–water partition coefficient (Wildman–Crippen LogP) is 1.71. The molecule has 0 radical (unpaired) electrons. The summed E-state index contributed by atoms with van der Waals surface area (Å²) < 4.78 is 43.7. The van der Waals surface area contributed by atoms with Crippen molar-refractivity contribution in [1.29, 1.82) is 0 Å². The molecule has 0 aromatic heterocycles. The number of carbonyl (C=O) groups excluding carboxylic acids is 2. The first kappa shape index (κ1) is 23.3. The third kappa shape index (κ3) is 6.33. The highest BCUT2D eigenvalue weighted by Gasteiger charge is 2.27. The first-order valence-corrected chi connectivity index (χ1v) is 12.1. The van der Waals surface area contributed by atoms with Crippen molar-refractivity contribution in [3.05, 3.63) is 18.2 Å². The van der Waals surface area contributed by atoms with Crippen molar-refractivity contribution in [2.24, 2.45) is 5.92 Å². The molecule has 3 rings (SSSR count). The molecule has 1 amide bonds. The summed E-state index contributed by atoms with van der Waals surface area (Å²) in [5.41, 5.74) is 0. The van der Waals surface area contributed by atoms with Gasteiger partial charge in [-0.1, -0.05) is 6.92 Å². The molecule has 1 aromatic rings. The van der Waals surface area contributed by atoms with E-state index in [1.807, 2.05) is 0 Å². The zero-order valence-electron chi connectivity index (χ0n) is 18.0. The van der Waals surface area contributed by atoms with Gasteiger partial charge in [0.2, 0.25) is 10.0 Å². The van der Waals surface area contributed by atoms with E-state index in [0.717, 1.165) is 19.3 Å². The summed E-state index contributed by atoms with van der Waals surface area (Å²) in [5.74, 6) is 0.621. The number of ether oxygens (including phenoxy) is 3. The lowest BCUT2D eigenvalue weighted by Crippen LogP contribution is -2.44. The molecule has 0 aliphatic carbocycles. The number of rotatable bonds is 7. The number of nitrogens with zero attached hydrogens (tertiary/aromatic N) is 1. The molecular formula is C21H30N2O7S. The fourth-order valence-corrected chi connectivity index (χ4v) is 4.52. The van der Waals surface area contributed by atoms with Gasteiger partial charge in [0.05, 0.1) is 24.5 Å². The summed E-state index contributed by atoms with van der Waals surface area (Å²) in [6.07, 6.45) is 1.52. The van der Waals surface area contributed by atoms with Gasteiger partial charge in [0.25, 0.3) is 5.91 Å².